The van der Waals surface area contributed by atoms with Crippen LogP contribution in [-0.4, -0.2) is 15.9 Å². The van der Waals surface area contributed by atoms with E-state index in [1.165, 1.54) is 25.1 Å². The van der Waals surface area contributed by atoms with E-state index in [9.17, 15) is 28.1 Å². The Morgan fingerprint density at radius 2 is 1.93 bits per heavy atom. The zero-order chi connectivity index (χ0) is 21.3. The molecule has 0 saturated carbocycles. The maximum Gasteiger partial charge on any atom is 0.305 e. The maximum atomic E-state index is 14.5. The van der Waals surface area contributed by atoms with E-state index in [-0.39, 0.29) is 27.6 Å². The van der Waals surface area contributed by atoms with Crippen molar-refractivity contribution >= 4 is 34.6 Å². The topological polar surface area (TPSA) is 96.3 Å². The summed E-state index contributed by atoms with van der Waals surface area (Å²) in [6, 6.07) is 4.95. The lowest BCUT2D eigenvalue weighted by molar-refractivity contribution is -0.387. The van der Waals surface area contributed by atoms with Gasteiger partial charge in [-0.2, -0.15) is 4.39 Å². The highest BCUT2D eigenvalue weighted by Gasteiger charge is 2.33. The van der Waals surface area contributed by atoms with E-state index in [0.29, 0.717) is 12.1 Å². The number of thiocarbonyl (C=S) groups is 1. The Kier molecular flexibility index (Phi) is 5.50. The lowest BCUT2D eigenvalue weighted by atomic mass is 9.94. The monoisotopic (exact) mass is 422 g/mol. The number of rotatable bonds is 4. The summed E-state index contributed by atoms with van der Waals surface area (Å²) in [6.07, 6.45) is 0. The molecule has 0 fully saturated rings. The Morgan fingerprint density at radius 1 is 1.21 bits per heavy atom. The molecule has 150 valence electrons. The average molecular weight is 422 g/mol. The largest absolute Gasteiger partial charge is 0.351 e. The van der Waals surface area contributed by atoms with E-state index in [0.717, 1.165) is 6.07 Å². The second-order valence-corrected chi connectivity index (χ2v) is 6.53. The average Bonchev–Trinajstić information content (AvgIpc) is 2.60. The molecule has 2 aromatic carbocycles. The molecule has 1 heterocycles. The second kappa shape index (κ2) is 7.87. The van der Waals surface area contributed by atoms with E-state index in [2.05, 4.69) is 16.0 Å². The first kappa shape index (κ1) is 20.3. The number of halogens is 3. The van der Waals surface area contributed by atoms with Gasteiger partial charge in [0.25, 0.3) is 5.91 Å². The first-order valence-corrected chi connectivity index (χ1v) is 8.56. The molecule has 0 aliphatic carbocycles. The molecule has 1 unspecified atom stereocenters. The van der Waals surface area contributed by atoms with Gasteiger partial charge in [0.15, 0.2) is 5.11 Å². The van der Waals surface area contributed by atoms with Crippen LogP contribution in [0.15, 0.2) is 47.7 Å². The fourth-order valence-corrected chi connectivity index (χ4v) is 3.18. The van der Waals surface area contributed by atoms with Crippen molar-refractivity contribution in [3.8, 4) is 0 Å². The number of benzene rings is 2. The number of carbonyl (C=O) groups is 1. The molecule has 0 saturated heterocycles. The molecule has 1 atom stereocenters. The molecule has 0 radical (unpaired) electrons. The molecule has 0 bridgehead atoms. The number of nitrogens with one attached hydrogen (secondary N) is 3. The summed E-state index contributed by atoms with van der Waals surface area (Å²) in [6.45, 7) is 1.50. The Hall–Kier alpha value is -3.47. The summed E-state index contributed by atoms with van der Waals surface area (Å²) >= 11 is 5.03. The van der Waals surface area contributed by atoms with Crippen LogP contribution in [0.4, 0.5) is 24.5 Å². The SMILES string of the molecule is CC1=C(C(=O)Nc2cccc(F)c2)C(c2cc([N+](=O)[O-])c(F)cc2F)NC(=S)N1. The molecule has 3 rings (SSSR count). The van der Waals surface area contributed by atoms with Gasteiger partial charge in [0.1, 0.15) is 11.6 Å². The molecule has 0 spiro atoms. The standard InChI is InChI=1S/C18H13F3N4O3S/c1-8-15(17(26)23-10-4-2-3-9(19)5-10)16(24-18(29)22-8)11-6-14(25(27)28)13(21)7-12(11)20/h2-7,16H,1H3,(H,23,26)(H2,22,24,29). The van der Waals surface area contributed by atoms with E-state index >= 15 is 0 Å². The molecule has 11 heteroatoms. The third-order valence-corrected chi connectivity index (χ3v) is 4.39. The van der Waals surface area contributed by atoms with Gasteiger partial charge < -0.3 is 16.0 Å². The third-order valence-electron chi connectivity index (χ3n) is 4.17. The Morgan fingerprint density at radius 3 is 2.59 bits per heavy atom. The number of anilines is 1. The quantitative estimate of drug-likeness (QED) is 0.397. The van der Waals surface area contributed by atoms with Crippen LogP contribution in [0.5, 0.6) is 0 Å². The minimum atomic E-state index is -1.35. The van der Waals surface area contributed by atoms with Gasteiger partial charge in [-0.1, -0.05) is 6.07 Å². The fourth-order valence-electron chi connectivity index (χ4n) is 2.91. The molecule has 29 heavy (non-hydrogen) atoms. The Bertz CT molecular complexity index is 1070. The van der Waals surface area contributed by atoms with Gasteiger partial charge in [-0.15, -0.1) is 0 Å². The van der Waals surface area contributed by atoms with Crippen molar-refractivity contribution in [3.05, 3.63) is 80.8 Å². The summed E-state index contributed by atoms with van der Waals surface area (Å²) in [5, 5.41) is 18.9. The fraction of sp³-hybridized carbons (Fsp3) is 0.111. The number of nitrogens with zero attached hydrogens (tertiary/aromatic N) is 1. The molecule has 1 aliphatic rings. The maximum absolute atomic E-state index is 14.5. The van der Waals surface area contributed by atoms with Crippen LogP contribution >= 0.6 is 12.2 Å². The minimum Gasteiger partial charge on any atom is -0.351 e. The zero-order valence-electron chi connectivity index (χ0n) is 14.8. The second-order valence-electron chi connectivity index (χ2n) is 6.12. The molecule has 2 aromatic rings. The number of hydrogen-bond acceptors (Lipinski definition) is 4. The van der Waals surface area contributed by atoms with Gasteiger partial charge in [-0.25, -0.2) is 8.78 Å². The third kappa shape index (κ3) is 4.19. The number of nitro groups is 1. The summed E-state index contributed by atoms with van der Waals surface area (Å²) in [4.78, 5) is 22.9. The highest BCUT2D eigenvalue weighted by molar-refractivity contribution is 7.80. The highest BCUT2D eigenvalue weighted by atomic mass is 32.1. The Balaban J connectivity index is 2.06. The van der Waals surface area contributed by atoms with Gasteiger partial charge in [0, 0.05) is 29.1 Å². The lowest BCUT2D eigenvalue weighted by Crippen LogP contribution is -2.46. The van der Waals surface area contributed by atoms with Gasteiger partial charge in [0.2, 0.25) is 5.82 Å². The smallest absolute Gasteiger partial charge is 0.305 e. The van der Waals surface area contributed by atoms with E-state index in [1.807, 2.05) is 0 Å². The van der Waals surface area contributed by atoms with Crippen LogP contribution < -0.4 is 16.0 Å². The molecular weight excluding hydrogens is 409 g/mol. The van der Waals surface area contributed by atoms with Crippen molar-refractivity contribution in [2.24, 2.45) is 0 Å². The molecule has 7 nitrogen and oxygen atoms in total. The number of amides is 1. The molecule has 0 aromatic heterocycles. The van der Waals surface area contributed by atoms with Gasteiger partial charge in [-0.3, -0.25) is 14.9 Å². The van der Waals surface area contributed by atoms with Gasteiger partial charge >= 0.3 is 5.69 Å². The first-order valence-electron chi connectivity index (χ1n) is 8.16. The van der Waals surface area contributed by atoms with Crippen LogP contribution in [0, 0.1) is 27.6 Å². The summed E-state index contributed by atoms with van der Waals surface area (Å²) in [7, 11) is 0. The summed E-state index contributed by atoms with van der Waals surface area (Å²) in [5.74, 6) is -3.75. The van der Waals surface area contributed by atoms with Crippen molar-refractivity contribution < 1.29 is 22.9 Å². The predicted molar refractivity (Wildman–Crippen MR) is 102 cm³/mol. The molecule has 3 N–H and O–H groups in total. The number of carbonyl (C=O) groups excluding carboxylic acids is 1. The van der Waals surface area contributed by atoms with Crippen LogP contribution in [0.3, 0.4) is 0 Å². The molecule has 1 amide bonds. The van der Waals surface area contributed by atoms with E-state index in [1.54, 1.807) is 0 Å². The lowest BCUT2D eigenvalue weighted by Gasteiger charge is -2.30. The van der Waals surface area contributed by atoms with Crippen molar-refractivity contribution in [3.63, 3.8) is 0 Å². The normalized spacial score (nSPS) is 16.1. The van der Waals surface area contributed by atoms with E-state index in [4.69, 9.17) is 12.2 Å². The predicted octanol–water partition coefficient (Wildman–Crippen LogP) is 3.44. The van der Waals surface area contributed by atoms with Crippen molar-refractivity contribution in [1.29, 1.82) is 0 Å². The Labute approximate surface area is 167 Å². The van der Waals surface area contributed by atoms with Gasteiger partial charge in [-0.05, 0) is 37.3 Å². The van der Waals surface area contributed by atoms with Crippen LogP contribution in [0.1, 0.15) is 18.5 Å². The number of hydrogen-bond donors (Lipinski definition) is 3. The van der Waals surface area contributed by atoms with Crippen molar-refractivity contribution in [2.75, 3.05) is 5.32 Å². The van der Waals surface area contributed by atoms with Crippen molar-refractivity contribution in [2.45, 2.75) is 13.0 Å². The summed E-state index contributed by atoms with van der Waals surface area (Å²) < 4.78 is 41.6. The van der Waals surface area contributed by atoms with Gasteiger partial charge in [0.05, 0.1) is 16.5 Å². The minimum absolute atomic E-state index is 0.0428. The van der Waals surface area contributed by atoms with Crippen LogP contribution in [-0.2, 0) is 4.79 Å². The summed E-state index contributed by atoms with van der Waals surface area (Å²) in [5.41, 5.74) is -0.949. The highest BCUT2D eigenvalue weighted by Crippen LogP contribution is 2.33. The van der Waals surface area contributed by atoms with Crippen molar-refractivity contribution in [1.82, 2.24) is 10.6 Å². The number of allylic oxidation sites excluding steroid dienone is 1. The van der Waals surface area contributed by atoms with Crippen LogP contribution in [0.2, 0.25) is 0 Å². The zero-order valence-corrected chi connectivity index (χ0v) is 15.6. The first-order chi connectivity index (χ1) is 13.7. The molecule has 1 aliphatic heterocycles. The number of nitro benzene ring substituents is 1. The van der Waals surface area contributed by atoms with Crippen LogP contribution in [0.25, 0.3) is 0 Å². The molecular formula is C18H13F3N4O3S. The van der Waals surface area contributed by atoms with E-state index < -0.39 is 40.0 Å².